The van der Waals surface area contributed by atoms with Gasteiger partial charge < -0.3 is 10.0 Å². The minimum atomic E-state index is -0.371. The Labute approximate surface area is 104 Å². The lowest BCUT2D eigenvalue weighted by Gasteiger charge is -2.33. The SMILES string of the molecule is C[C@@H](O)c1ccc(N(C)C2CCCCC2)cc1. The number of anilines is 1. The van der Waals surface area contributed by atoms with E-state index in [9.17, 15) is 5.11 Å². The van der Waals surface area contributed by atoms with Gasteiger partial charge >= 0.3 is 0 Å². The summed E-state index contributed by atoms with van der Waals surface area (Å²) < 4.78 is 0. The summed E-state index contributed by atoms with van der Waals surface area (Å²) in [7, 11) is 2.19. The molecule has 0 aliphatic heterocycles. The van der Waals surface area contributed by atoms with Crippen molar-refractivity contribution in [3.63, 3.8) is 0 Å². The summed E-state index contributed by atoms with van der Waals surface area (Å²) >= 11 is 0. The fraction of sp³-hybridized carbons (Fsp3) is 0.600. The summed E-state index contributed by atoms with van der Waals surface area (Å²) in [5.41, 5.74) is 2.26. The minimum Gasteiger partial charge on any atom is -0.389 e. The fourth-order valence-electron chi connectivity index (χ4n) is 2.67. The Balaban J connectivity index is 2.05. The monoisotopic (exact) mass is 233 g/mol. The zero-order chi connectivity index (χ0) is 12.3. The molecule has 0 aromatic heterocycles. The largest absolute Gasteiger partial charge is 0.389 e. The van der Waals surface area contributed by atoms with Crippen LogP contribution in [0.3, 0.4) is 0 Å². The molecule has 1 N–H and O–H groups in total. The Morgan fingerprint density at radius 3 is 2.24 bits per heavy atom. The van der Waals surface area contributed by atoms with Gasteiger partial charge in [0, 0.05) is 18.8 Å². The molecule has 1 fully saturated rings. The molecule has 0 spiro atoms. The van der Waals surface area contributed by atoms with E-state index in [2.05, 4.69) is 24.1 Å². The van der Waals surface area contributed by atoms with Gasteiger partial charge in [-0.25, -0.2) is 0 Å². The van der Waals surface area contributed by atoms with E-state index in [0.717, 1.165) is 5.56 Å². The van der Waals surface area contributed by atoms with E-state index in [4.69, 9.17) is 0 Å². The van der Waals surface area contributed by atoms with E-state index in [1.807, 2.05) is 12.1 Å². The maximum Gasteiger partial charge on any atom is 0.0761 e. The van der Waals surface area contributed by atoms with Crippen LogP contribution in [0.2, 0.25) is 0 Å². The number of aliphatic hydroxyl groups excluding tert-OH is 1. The predicted octanol–water partition coefficient (Wildman–Crippen LogP) is 3.51. The molecule has 0 bridgehead atoms. The molecule has 0 saturated heterocycles. The van der Waals surface area contributed by atoms with E-state index in [1.165, 1.54) is 37.8 Å². The molecule has 1 saturated carbocycles. The summed E-state index contributed by atoms with van der Waals surface area (Å²) in [6.07, 6.45) is 6.37. The molecule has 1 atom stereocenters. The average Bonchev–Trinajstić information content (AvgIpc) is 2.39. The number of rotatable bonds is 3. The third-order valence-corrected chi connectivity index (χ3v) is 3.91. The Morgan fingerprint density at radius 2 is 1.71 bits per heavy atom. The van der Waals surface area contributed by atoms with Crippen LogP contribution in [0.5, 0.6) is 0 Å². The van der Waals surface area contributed by atoms with Crippen LogP contribution in [0.1, 0.15) is 50.7 Å². The van der Waals surface area contributed by atoms with E-state index in [1.54, 1.807) is 6.92 Å². The van der Waals surface area contributed by atoms with Gasteiger partial charge in [0.2, 0.25) is 0 Å². The van der Waals surface area contributed by atoms with E-state index in [-0.39, 0.29) is 6.10 Å². The molecule has 1 aliphatic rings. The molecule has 2 rings (SSSR count). The maximum atomic E-state index is 9.49. The van der Waals surface area contributed by atoms with Crippen molar-refractivity contribution < 1.29 is 5.11 Å². The number of benzene rings is 1. The molecule has 0 heterocycles. The molecule has 17 heavy (non-hydrogen) atoms. The Kier molecular flexibility index (Phi) is 4.06. The molecule has 0 amide bonds. The van der Waals surface area contributed by atoms with Crippen LogP contribution in [-0.2, 0) is 0 Å². The van der Waals surface area contributed by atoms with Crippen LogP contribution in [0.25, 0.3) is 0 Å². The third kappa shape index (κ3) is 3.01. The second kappa shape index (κ2) is 5.54. The Morgan fingerprint density at radius 1 is 1.12 bits per heavy atom. The lowest BCUT2D eigenvalue weighted by molar-refractivity contribution is 0.199. The highest BCUT2D eigenvalue weighted by Gasteiger charge is 2.18. The molecule has 94 valence electrons. The molecule has 2 heteroatoms. The zero-order valence-corrected chi connectivity index (χ0v) is 10.9. The van der Waals surface area contributed by atoms with Crippen LogP contribution in [-0.4, -0.2) is 18.2 Å². The molecule has 1 aliphatic carbocycles. The van der Waals surface area contributed by atoms with Crippen LogP contribution in [0.15, 0.2) is 24.3 Å². The third-order valence-electron chi connectivity index (χ3n) is 3.91. The van der Waals surface area contributed by atoms with Gasteiger partial charge in [-0.15, -0.1) is 0 Å². The molecular formula is C15H23NO. The van der Waals surface area contributed by atoms with Crippen LogP contribution >= 0.6 is 0 Å². The minimum absolute atomic E-state index is 0.371. The van der Waals surface area contributed by atoms with Crippen molar-refractivity contribution in [1.29, 1.82) is 0 Å². The van der Waals surface area contributed by atoms with E-state index < -0.39 is 0 Å². The first-order valence-electron chi connectivity index (χ1n) is 6.69. The van der Waals surface area contributed by atoms with E-state index >= 15 is 0 Å². The molecule has 0 radical (unpaired) electrons. The van der Waals surface area contributed by atoms with Crippen molar-refractivity contribution in [2.24, 2.45) is 0 Å². The first-order valence-corrected chi connectivity index (χ1v) is 6.69. The molecule has 1 aromatic rings. The van der Waals surface area contributed by atoms with Gasteiger partial charge in [-0.05, 0) is 37.5 Å². The van der Waals surface area contributed by atoms with E-state index in [0.29, 0.717) is 6.04 Å². The fourth-order valence-corrected chi connectivity index (χ4v) is 2.67. The lowest BCUT2D eigenvalue weighted by atomic mass is 9.94. The molecular weight excluding hydrogens is 210 g/mol. The number of aliphatic hydroxyl groups is 1. The van der Waals surface area contributed by atoms with Crippen molar-refractivity contribution >= 4 is 5.69 Å². The average molecular weight is 233 g/mol. The number of hydrogen-bond donors (Lipinski definition) is 1. The topological polar surface area (TPSA) is 23.5 Å². The molecule has 0 unspecified atom stereocenters. The van der Waals surface area contributed by atoms with Gasteiger partial charge in [-0.2, -0.15) is 0 Å². The van der Waals surface area contributed by atoms with Crippen molar-refractivity contribution in [3.8, 4) is 0 Å². The summed E-state index contributed by atoms with van der Waals surface area (Å²) in [5.74, 6) is 0. The highest BCUT2D eigenvalue weighted by molar-refractivity contribution is 5.48. The highest BCUT2D eigenvalue weighted by atomic mass is 16.3. The maximum absolute atomic E-state index is 9.49. The van der Waals surface area contributed by atoms with Crippen LogP contribution < -0.4 is 4.90 Å². The van der Waals surface area contributed by atoms with Gasteiger partial charge in [0.25, 0.3) is 0 Å². The van der Waals surface area contributed by atoms with Gasteiger partial charge in [-0.1, -0.05) is 31.4 Å². The van der Waals surface area contributed by atoms with Crippen molar-refractivity contribution in [1.82, 2.24) is 0 Å². The quantitative estimate of drug-likeness (QED) is 0.863. The summed E-state index contributed by atoms with van der Waals surface area (Å²) in [4.78, 5) is 2.39. The second-order valence-electron chi connectivity index (χ2n) is 5.17. The predicted molar refractivity (Wildman–Crippen MR) is 72.4 cm³/mol. The Bertz CT molecular complexity index is 338. The molecule has 2 nitrogen and oxygen atoms in total. The standard InChI is InChI=1S/C15H23NO/c1-12(17)13-8-10-15(11-9-13)16(2)14-6-4-3-5-7-14/h8-12,14,17H,3-7H2,1-2H3/t12-/m1/s1. The smallest absolute Gasteiger partial charge is 0.0761 e. The second-order valence-corrected chi connectivity index (χ2v) is 5.17. The zero-order valence-electron chi connectivity index (χ0n) is 10.9. The van der Waals surface area contributed by atoms with Gasteiger partial charge in [0.1, 0.15) is 0 Å². The molecule has 1 aromatic carbocycles. The van der Waals surface area contributed by atoms with Crippen LogP contribution in [0, 0.1) is 0 Å². The summed E-state index contributed by atoms with van der Waals surface area (Å²) in [6.45, 7) is 1.81. The summed E-state index contributed by atoms with van der Waals surface area (Å²) in [5, 5.41) is 9.49. The number of nitrogens with zero attached hydrogens (tertiary/aromatic N) is 1. The van der Waals surface area contributed by atoms with Crippen molar-refractivity contribution in [2.75, 3.05) is 11.9 Å². The van der Waals surface area contributed by atoms with Gasteiger partial charge in [-0.3, -0.25) is 0 Å². The highest BCUT2D eigenvalue weighted by Crippen LogP contribution is 2.26. The normalized spacial score (nSPS) is 19.0. The van der Waals surface area contributed by atoms with Gasteiger partial charge in [0.05, 0.1) is 6.10 Å². The Hall–Kier alpha value is -1.02. The lowest BCUT2D eigenvalue weighted by Crippen LogP contribution is -2.33. The summed E-state index contributed by atoms with van der Waals surface area (Å²) in [6, 6.07) is 8.99. The first-order chi connectivity index (χ1) is 8.18. The number of hydrogen-bond acceptors (Lipinski definition) is 2. The van der Waals surface area contributed by atoms with Crippen molar-refractivity contribution in [3.05, 3.63) is 29.8 Å². The van der Waals surface area contributed by atoms with Gasteiger partial charge in [0.15, 0.2) is 0 Å². The van der Waals surface area contributed by atoms with Crippen LogP contribution in [0.4, 0.5) is 5.69 Å². The first kappa shape index (κ1) is 12.4. The van der Waals surface area contributed by atoms with Crippen molar-refractivity contribution in [2.45, 2.75) is 51.2 Å².